The summed E-state index contributed by atoms with van der Waals surface area (Å²) in [5.74, 6) is -1.46. The molecule has 0 bridgehead atoms. The number of ether oxygens (including phenoxy) is 1. The summed E-state index contributed by atoms with van der Waals surface area (Å²) in [4.78, 5) is 46.4. The number of benzene rings is 3. The lowest BCUT2D eigenvalue weighted by Crippen LogP contribution is -2.15. The molecule has 3 aromatic carbocycles. The van der Waals surface area contributed by atoms with E-state index >= 15 is 0 Å². The molecule has 30 heavy (non-hydrogen) atoms. The molecule has 0 heterocycles. The van der Waals surface area contributed by atoms with E-state index in [1.807, 2.05) is 6.07 Å². The Bertz CT molecular complexity index is 1080. The third kappa shape index (κ3) is 5.14. The van der Waals surface area contributed by atoms with Gasteiger partial charge >= 0.3 is 5.97 Å². The number of hydrogen-bond donors (Lipinski definition) is 1. The average molecular weight is 404 g/mol. The van der Waals surface area contributed by atoms with Gasteiger partial charge in [-0.1, -0.05) is 18.2 Å². The van der Waals surface area contributed by atoms with E-state index in [0.29, 0.717) is 16.8 Å². The van der Waals surface area contributed by atoms with Crippen molar-refractivity contribution in [2.24, 2.45) is 0 Å². The number of ketones is 1. The highest BCUT2D eigenvalue weighted by Crippen LogP contribution is 2.14. The van der Waals surface area contributed by atoms with Crippen molar-refractivity contribution in [2.45, 2.75) is 0 Å². The number of rotatable bonds is 7. The molecule has 0 radical (unpaired) electrons. The fraction of sp³-hybridized carbons (Fsp3) is 0.0455. The summed E-state index contributed by atoms with van der Waals surface area (Å²) in [6.45, 7) is -0.481. The number of esters is 1. The molecule has 150 valence electrons. The van der Waals surface area contributed by atoms with Crippen LogP contribution in [0.1, 0.15) is 31.1 Å². The fourth-order valence-corrected chi connectivity index (χ4v) is 2.55. The molecule has 0 aliphatic rings. The summed E-state index contributed by atoms with van der Waals surface area (Å²) in [7, 11) is 0. The quantitative estimate of drug-likeness (QED) is 0.276. The molecule has 0 aliphatic heterocycles. The van der Waals surface area contributed by atoms with Gasteiger partial charge < -0.3 is 10.1 Å². The number of anilines is 1. The second-order valence-corrected chi connectivity index (χ2v) is 6.20. The van der Waals surface area contributed by atoms with E-state index in [0.717, 1.165) is 0 Å². The van der Waals surface area contributed by atoms with Crippen molar-refractivity contribution in [1.29, 1.82) is 0 Å². The first kappa shape index (κ1) is 20.4. The number of amides is 1. The van der Waals surface area contributed by atoms with Crippen molar-refractivity contribution in [3.05, 3.63) is 106 Å². The van der Waals surface area contributed by atoms with Crippen LogP contribution in [0, 0.1) is 10.1 Å². The number of nitrogens with one attached hydrogen (secondary N) is 1. The molecule has 0 saturated heterocycles. The molecule has 0 aliphatic carbocycles. The molecule has 1 N–H and O–H groups in total. The summed E-state index contributed by atoms with van der Waals surface area (Å²) in [5.41, 5.74) is 1.29. The molecular formula is C22H16N2O6. The largest absolute Gasteiger partial charge is 0.454 e. The normalized spacial score (nSPS) is 10.1. The Labute approximate surface area is 171 Å². The summed E-state index contributed by atoms with van der Waals surface area (Å²) in [6.07, 6.45) is 0. The van der Waals surface area contributed by atoms with Crippen LogP contribution < -0.4 is 5.32 Å². The number of non-ortho nitro benzene ring substituents is 1. The first-order valence-electron chi connectivity index (χ1n) is 8.85. The first-order valence-corrected chi connectivity index (χ1v) is 8.85. The van der Waals surface area contributed by atoms with E-state index in [4.69, 9.17) is 4.74 Å². The van der Waals surface area contributed by atoms with Gasteiger partial charge in [0.05, 0.1) is 10.5 Å². The van der Waals surface area contributed by atoms with Gasteiger partial charge in [-0.05, 0) is 48.5 Å². The van der Waals surface area contributed by atoms with Crippen LogP contribution in [0.4, 0.5) is 11.4 Å². The smallest absolute Gasteiger partial charge is 0.338 e. The van der Waals surface area contributed by atoms with E-state index in [-0.39, 0.29) is 17.2 Å². The van der Waals surface area contributed by atoms with Crippen LogP contribution in [0.25, 0.3) is 0 Å². The summed E-state index contributed by atoms with van der Waals surface area (Å²) < 4.78 is 4.97. The van der Waals surface area contributed by atoms with Crippen molar-refractivity contribution >= 4 is 29.0 Å². The van der Waals surface area contributed by atoms with Gasteiger partial charge in [0.1, 0.15) is 0 Å². The maximum absolute atomic E-state index is 12.2. The summed E-state index contributed by atoms with van der Waals surface area (Å²) in [5, 5.41) is 13.4. The minimum Gasteiger partial charge on any atom is -0.454 e. The highest BCUT2D eigenvalue weighted by atomic mass is 16.6. The number of carbonyl (C=O) groups excluding carboxylic acids is 3. The third-order valence-electron chi connectivity index (χ3n) is 4.15. The van der Waals surface area contributed by atoms with Gasteiger partial charge in [0.25, 0.3) is 11.6 Å². The molecule has 0 saturated carbocycles. The number of nitro groups is 1. The lowest BCUT2D eigenvalue weighted by atomic mass is 10.1. The molecule has 0 unspecified atom stereocenters. The summed E-state index contributed by atoms with van der Waals surface area (Å²) in [6, 6.07) is 19.8. The van der Waals surface area contributed by atoms with E-state index < -0.39 is 23.3 Å². The van der Waals surface area contributed by atoms with Crippen LogP contribution in [0.3, 0.4) is 0 Å². The topological polar surface area (TPSA) is 116 Å². The molecule has 3 rings (SSSR count). The number of Topliss-reactive ketones (excluding diaryl/α,β-unsaturated/α-hetero) is 1. The van der Waals surface area contributed by atoms with Gasteiger partial charge in [0.15, 0.2) is 12.4 Å². The van der Waals surface area contributed by atoms with E-state index in [1.54, 1.807) is 36.4 Å². The molecule has 3 aromatic rings. The molecular weight excluding hydrogens is 388 g/mol. The van der Waals surface area contributed by atoms with Crippen LogP contribution in [-0.2, 0) is 4.74 Å². The van der Waals surface area contributed by atoms with Crippen LogP contribution in [-0.4, -0.2) is 29.2 Å². The Kier molecular flexibility index (Phi) is 6.29. The third-order valence-corrected chi connectivity index (χ3v) is 4.15. The van der Waals surface area contributed by atoms with Gasteiger partial charge in [-0.3, -0.25) is 19.7 Å². The van der Waals surface area contributed by atoms with Gasteiger partial charge in [-0.2, -0.15) is 0 Å². The predicted molar refractivity (Wildman–Crippen MR) is 109 cm³/mol. The maximum Gasteiger partial charge on any atom is 0.338 e. The minimum atomic E-state index is -0.759. The van der Waals surface area contributed by atoms with E-state index in [9.17, 15) is 24.5 Å². The Morgan fingerprint density at radius 1 is 0.800 bits per heavy atom. The highest BCUT2D eigenvalue weighted by Gasteiger charge is 2.14. The zero-order valence-electron chi connectivity index (χ0n) is 15.6. The predicted octanol–water partition coefficient (Wildman–Crippen LogP) is 3.89. The van der Waals surface area contributed by atoms with Crippen LogP contribution >= 0.6 is 0 Å². The van der Waals surface area contributed by atoms with Gasteiger partial charge in [0.2, 0.25) is 0 Å². The highest BCUT2D eigenvalue weighted by molar-refractivity contribution is 6.05. The molecule has 8 nitrogen and oxygen atoms in total. The van der Waals surface area contributed by atoms with Crippen LogP contribution in [0.2, 0.25) is 0 Å². The first-order chi connectivity index (χ1) is 14.4. The lowest BCUT2D eigenvalue weighted by molar-refractivity contribution is -0.384. The van der Waals surface area contributed by atoms with Gasteiger partial charge in [-0.15, -0.1) is 0 Å². The molecule has 1 amide bonds. The van der Waals surface area contributed by atoms with Crippen molar-refractivity contribution in [3.63, 3.8) is 0 Å². The van der Waals surface area contributed by atoms with Crippen molar-refractivity contribution in [1.82, 2.24) is 0 Å². The minimum absolute atomic E-state index is 0.104. The Hall–Kier alpha value is -4.33. The van der Waals surface area contributed by atoms with Crippen LogP contribution in [0.5, 0.6) is 0 Å². The molecule has 0 aromatic heterocycles. The van der Waals surface area contributed by atoms with E-state index in [2.05, 4.69) is 5.32 Å². The lowest BCUT2D eigenvalue weighted by Gasteiger charge is -2.07. The monoisotopic (exact) mass is 404 g/mol. The zero-order valence-corrected chi connectivity index (χ0v) is 15.6. The molecule has 0 atom stereocenters. The van der Waals surface area contributed by atoms with Crippen molar-refractivity contribution in [2.75, 3.05) is 11.9 Å². The fourth-order valence-electron chi connectivity index (χ4n) is 2.55. The number of nitrogens with zero attached hydrogens (tertiary/aromatic N) is 1. The van der Waals surface area contributed by atoms with E-state index in [1.165, 1.54) is 36.4 Å². The van der Waals surface area contributed by atoms with Crippen LogP contribution in [0.15, 0.2) is 78.9 Å². The Morgan fingerprint density at radius 2 is 1.40 bits per heavy atom. The average Bonchev–Trinajstić information content (AvgIpc) is 2.78. The maximum atomic E-state index is 12.2. The molecule has 8 heteroatoms. The molecule has 0 fully saturated rings. The standard InChI is InChI=1S/C22H16N2O6/c25-20(14-30-22(27)17-8-12-19(13-9-17)24(28)29)15-6-10-18(11-7-15)23-21(26)16-4-2-1-3-5-16/h1-13H,14H2,(H,23,26). The SMILES string of the molecule is O=C(COC(=O)c1ccc([N+](=O)[O-])cc1)c1ccc(NC(=O)c2ccccc2)cc1. The number of nitro benzene ring substituents is 1. The van der Waals surface area contributed by atoms with Crippen molar-refractivity contribution < 1.29 is 24.0 Å². The van der Waals surface area contributed by atoms with Gasteiger partial charge in [0, 0.05) is 28.9 Å². The second-order valence-electron chi connectivity index (χ2n) is 6.20. The Morgan fingerprint density at radius 3 is 2.00 bits per heavy atom. The van der Waals surface area contributed by atoms with Crippen molar-refractivity contribution in [3.8, 4) is 0 Å². The zero-order chi connectivity index (χ0) is 21.5. The Balaban J connectivity index is 1.54. The number of carbonyl (C=O) groups is 3. The summed E-state index contributed by atoms with van der Waals surface area (Å²) >= 11 is 0. The van der Waals surface area contributed by atoms with Gasteiger partial charge in [-0.25, -0.2) is 4.79 Å². The second kappa shape index (κ2) is 9.24. The number of hydrogen-bond acceptors (Lipinski definition) is 6. The molecule has 0 spiro atoms.